The molecule has 0 saturated heterocycles. The Morgan fingerprint density at radius 2 is 1.92 bits per heavy atom. The van der Waals surface area contributed by atoms with Crippen LogP contribution in [0.4, 0.5) is 0 Å². The minimum Gasteiger partial charge on any atom is -0.345 e. The number of aliphatic hydroxyl groups is 1. The Balaban J connectivity index is 2.85. The molecule has 62 valence electrons. The topological polar surface area (TPSA) is 66.7 Å². The van der Waals surface area contributed by atoms with Crippen LogP contribution in [0.5, 0.6) is 0 Å². The Hall–Kier alpha value is -1.12. The Morgan fingerprint density at radius 1 is 1.33 bits per heavy atom. The largest absolute Gasteiger partial charge is 0.562 e. The quantitative estimate of drug-likeness (QED) is 0.578. The van der Waals surface area contributed by atoms with Gasteiger partial charge in [-0.05, 0) is 4.57 Å². The van der Waals surface area contributed by atoms with Gasteiger partial charge in [-0.2, -0.15) is 0 Å². The highest BCUT2D eigenvalue weighted by Gasteiger charge is 2.31. The van der Waals surface area contributed by atoms with Gasteiger partial charge in [-0.1, -0.05) is 35.2 Å². The Morgan fingerprint density at radius 3 is 2.42 bits per heavy atom. The smallest absolute Gasteiger partial charge is 0.345 e. The van der Waals surface area contributed by atoms with Crippen LogP contribution < -0.4 is 0 Å². The third kappa shape index (κ3) is 1.94. The number of nitroso groups, excluding NO2 is 1. The van der Waals surface area contributed by atoms with Crippen molar-refractivity contribution in [1.82, 2.24) is 0 Å². The van der Waals surface area contributed by atoms with Crippen LogP contribution in [0.15, 0.2) is 35.3 Å². The molecule has 0 radical (unpaired) electrons. The van der Waals surface area contributed by atoms with Crippen molar-refractivity contribution in [2.24, 2.45) is 4.95 Å². The van der Waals surface area contributed by atoms with Crippen LogP contribution in [0, 0.1) is 4.91 Å². The fourth-order valence-electron chi connectivity index (χ4n) is 0.797. The van der Waals surface area contributed by atoms with Gasteiger partial charge in [-0.25, -0.2) is 0 Å². The summed E-state index contributed by atoms with van der Waals surface area (Å²) >= 11 is 0. The number of benzene rings is 1. The maximum absolute atomic E-state index is 10.7. The molecule has 0 aliphatic rings. The van der Waals surface area contributed by atoms with Gasteiger partial charge in [-0.15, -0.1) is 0 Å². The second kappa shape index (κ2) is 4.04. The normalized spacial score (nSPS) is 13.6. The summed E-state index contributed by atoms with van der Waals surface area (Å²) in [6.07, 6.45) is 0. The third-order valence-electron chi connectivity index (χ3n) is 1.39. The highest BCUT2D eigenvalue weighted by molar-refractivity contribution is 7.43. The molecule has 4 nitrogen and oxygen atoms in total. The number of nitrogens with zero attached hydrogens (tertiary/aromatic N) is 1. The fourth-order valence-corrected chi connectivity index (χ4v) is 1.31. The van der Waals surface area contributed by atoms with Crippen molar-refractivity contribution in [2.45, 2.75) is 5.85 Å². The Kier molecular flexibility index (Phi) is 3.02. The average Bonchev–Trinajstić information content (AvgIpc) is 2.17. The first-order valence-electron chi connectivity index (χ1n) is 3.28. The Labute approximate surface area is 70.0 Å². The van der Waals surface area contributed by atoms with Gasteiger partial charge in [0.2, 0.25) is 4.95 Å². The molecular formula is C7H7NO3P+. The fraction of sp³-hybridized carbons (Fsp3) is 0.143. The van der Waals surface area contributed by atoms with Crippen molar-refractivity contribution < 1.29 is 9.67 Å². The molecule has 0 aromatic heterocycles. The molecule has 0 aliphatic carbocycles. The number of rotatable bonds is 3. The standard InChI is InChI=1S/C7H7NO3P/c9-7(12(11)8-10)6-4-2-1-3-5-6/h1-5,7,9H/q+1. The molecule has 0 aliphatic heterocycles. The van der Waals surface area contributed by atoms with E-state index in [0.29, 0.717) is 5.56 Å². The van der Waals surface area contributed by atoms with E-state index in [2.05, 4.69) is 4.95 Å². The molecule has 1 N–H and O–H groups in total. The van der Waals surface area contributed by atoms with Gasteiger partial charge < -0.3 is 5.11 Å². The first-order valence-corrected chi connectivity index (χ1v) is 4.56. The van der Waals surface area contributed by atoms with Gasteiger partial charge >= 0.3 is 13.8 Å². The molecule has 0 bridgehead atoms. The molecule has 5 heteroatoms. The van der Waals surface area contributed by atoms with Crippen LogP contribution >= 0.6 is 7.95 Å². The van der Waals surface area contributed by atoms with Gasteiger partial charge in [0, 0.05) is 5.56 Å². The van der Waals surface area contributed by atoms with Crippen LogP contribution in [-0.2, 0) is 4.57 Å². The van der Waals surface area contributed by atoms with Crippen LogP contribution in [0.2, 0.25) is 0 Å². The zero-order chi connectivity index (χ0) is 8.97. The van der Waals surface area contributed by atoms with Crippen molar-refractivity contribution in [3.05, 3.63) is 40.8 Å². The maximum atomic E-state index is 10.7. The second-order valence-electron chi connectivity index (χ2n) is 2.17. The van der Waals surface area contributed by atoms with Crippen molar-refractivity contribution >= 4 is 7.95 Å². The number of aliphatic hydroxyl groups excluding tert-OH is 1. The lowest BCUT2D eigenvalue weighted by molar-refractivity contribution is 0.258. The summed E-state index contributed by atoms with van der Waals surface area (Å²) in [5.41, 5.74) is 0.443. The molecule has 1 rings (SSSR count). The summed E-state index contributed by atoms with van der Waals surface area (Å²) < 4.78 is 10.7. The van der Waals surface area contributed by atoms with E-state index in [-0.39, 0.29) is 0 Å². The van der Waals surface area contributed by atoms with Crippen molar-refractivity contribution in [3.63, 3.8) is 0 Å². The molecule has 2 unspecified atom stereocenters. The van der Waals surface area contributed by atoms with E-state index in [0.717, 1.165) is 0 Å². The SMILES string of the molecule is O=N[P+](=O)C(O)c1ccccc1. The monoisotopic (exact) mass is 184 g/mol. The molecule has 0 amide bonds. The van der Waals surface area contributed by atoms with Crippen LogP contribution in [-0.4, -0.2) is 5.11 Å². The predicted molar refractivity (Wildman–Crippen MR) is 44.8 cm³/mol. The summed E-state index contributed by atoms with van der Waals surface area (Å²) in [6, 6.07) is 8.31. The van der Waals surface area contributed by atoms with E-state index < -0.39 is 13.8 Å². The minimum atomic E-state index is -2.44. The van der Waals surface area contributed by atoms with Gasteiger partial charge in [0.05, 0.1) is 0 Å². The predicted octanol–water partition coefficient (Wildman–Crippen LogP) is 2.19. The summed E-state index contributed by atoms with van der Waals surface area (Å²) in [5, 5.41) is 9.21. The average molecular weight is 184 g/mol. The summed E-state index contributed by atoms with van der Waals surface area (Å²) in [7, 11) is -2.44. The number of hydrogen-bond donors (Lipinski definition) is 1. The van der Waals surface area contributed by atoms with Gasteiger partial charge in [0.25, 0.3) is 0 Å². The van der Waals surface area contributed by atoms with Crippen molar-refractivity contribution in [1.29, 1.82) is 0 Å². The van der Waals surface area contributed by atoms with Gasteiger partial charge in [0.1, 0.15) is 0 Å². The first-order chi connectivity index (χ1) is 5.75. The van der Waals surface area contributed by atoms with E-state index in [4.69, 9.17) is 0 Å². The van der Waals surface area contributed by atoms with Gasteiger partial charge in [0.15, 0.2) is 0 Å². The summed E-state index contributed by atoms with van der Waals surface area (Å²) in [6.45, 7) is 0. The zero-order valence-corrected chi connectivity index (χ0v) is 7.02. The zero-order valence-electron chi connectivity index (χ0n) is 6.12. The molecular weight excluding hydrogens is 177 g/mol. The molecule has 0 spiro atoms. The van der Waals surface area contributed by atoms with Gasteiger partial charge in [-0.3, -0.25) is 0 Å². The van der Waals surface area contributed by atoms with E-state index >= 15 is 0 Å². The van der Waals surface area contributed by atoms with Crippen LogP contribution in [0.25, 0.3) is 0 Å². The summed E-state index contributed by atoms with van der Waals surface area (Å²) in [5.74, 6) is -1.28. The lowest BCUT2D eigenvalue weighted by Crippen LogP contribution is -1.88. The maximum Gasteiger partial charge on any atom is 0.562 e. The van der Waals surface area contributed by atoms with Crippen LogP contribution in [0.3, 0.4) is 0 Å². The highest BCUT2D eigenvalue weighted by Crippen LogP contribution is 2.39. The third-order valence-corrected chi connectivity index (χ3v) is 2.26. The van der Waals surface area contributed by atoms with Crippen molar-refractivity contribution in [3.8, 4) is 0 Å². The molecule has 0 fully saturated rings. The second-order valence-corrected chi connectivity index (χ2v) is 3.43. The highest BCUT2D eigenvalue weighted by atomic mass is 31.1. The molecule has 1 aromatic rings. The number of hydrogen-bond acceptors (Lipinski definition) is 3. The lowest BCUT2D eigenvalue weighted by atomic mass is 10.2. The van der Waals surface area contributed by atoms with E-state index in [1.165, 1.54) is 0 Å². The van der Waals surface area contributed by atoms with Crippen LogP contribution in [0.1, 0.15) is 11.4 Å². The molecule has 12 heavy (non-hydrogen) atoms. The van der Waals surface area contributed by atoms with Crippen molar-refractivity contribution in [2.75, 3.05) is 0 Å². The molecule has 0 saturated carbocycles. The lowest BCUT2D eigenvalue weighted by Gasteiger charge is -1.94. The van der Waals surface area contributed by atoms with E-state index in [9.17, 15) is 14.6 Å². The molecule has 1 aromatic carbocycles. The molecule has 2 atom stereocenters. The minimum absolute atomic E-state index is 0.443. The Bertz CT molecular complexity index is 288. The molecule has 0 heterocycles. The first kappa shape index (κ1) is 8.97. The van der Waals surface area contributed by atoms with E-state index in [1.807, 2.05) is 0 Å². The summed E-state index contributed by atoms with van der Waals surface area (Å²) in [4.78, 5) is 12.1. The van der Waals surface area contributed by atoms with E-state index in [1.54, 1.807) is 30.3 Å².